The fourth-order valence-electron chi connectivity index (χ4n) is 8.16. The van der Waals surface area contributed by atoms with Gasteiger partial charge in [0.1, 0.15) is 22.9 Å². The molecule has 3 aliphatic heterocycles. The highest BCUT2D eigenvalue weighted by molar-refractivity contribution is 6.31. The van der Waals surface area contributed by atoms with Gasteiger partial charge in [0.15, 0.2) is 0 Å². The summed E-state index contributed by atoms with van der Waals surface area (Å²) in [5.41, 5.74) is 3.25. The standard InChI is InChI=1S/C36H29Cl2FN4O4/c1-46-22-6-3-5-19(15-22)13-14-43-29-18-42-28-12-9-20(34(44)47-2)16-27(28)40-33(42)30(29)31(23-7-4-8-25(38)32(23)39)36(43)24-11-10-21(37)17-26(24)41-35(36)45/h3-12,15-17,29-31H,13-14,18H2,1-2H3,(H,41,45)/t29-,30+,31-,36+/m0/s1. The first-order valence-corrected chi connectivity index (χ1v) is 16.1. The number of nitrogens with one attached hydrogen (secondary N) is 1. The lowest BCUT2D eigenvalue weighted by Gasteiger charge is -2.40. The summed E-state index contributed by atoms with van der Waals surface area (Å²) in [6.45, 7) is 0.987. The minimum atomic E-state index is -1.31. The largest absolute Gasteiger partial charge is 0.497 e. The Hall–Kier alpha value is -4.44. The number of carbonyl (C=O) groups excluding carboxylic acids is 2. The molecule has 1 fully saturated rings. The molecule has 3 aliphatic rings. The number of amides is 1. The van der Waals surface area contributed by atoms with Crippen LogP contribution in [0.1, 0.15) is 44.7 Å². The lowest BCUT2D eigenvalue weighted by molar-refractivity contribution is -0.128. The predicted molar refractivity (Wildman–Crippen MR) is 177 cm³/mol. The van der Waals surface area contributed by atoms with Gasteiger partial charge in [0.05, 0.1) is 35.8 Å². The summed E-state index contributed by atoms with van der Waals surface area (Å²) in [5, 5.41) is 3.56. The van der Waals surface area contributed by atoms with E-state index in [2.05, 4.69) is 14.8 Å². The zero-order valence-corrected chi connectivity index (χ0v) is 27.0. The van der Waals surface area contributed by atoms with E-state index >= 15 is 4.39 Å². The lowest BCUT2D eigenvalue weighted by atomic mass is 9.71. The van der Waals surface area contributed by atoms with Crippen molar-refractivity contribution in [1.82, 2.24) is 14.5 Å². The van der Waals surface area contributed by atoms with Gasteiger partial charge in [-0.3, -0.25) is 9.69 Å². The van der Waals surface area contributed by atoms with Gasteiger partial charge in [0.2, 0.25) is 5.91 Å². The molecular formula is C36H29Cl2FN4O4. The molecule has 238 valence electrons. The third-order valence-corrected chi connectivity index (χ3v) is 10.5. The molecule has 8 rings (SSSR count). The van der Waals surface area contributed by atoms with Gasteiger partial charge in [-0.1, -0.05) is 53.5 Å². The molecule has 0 bridgehead atoms. The van der Waals surface area contributed by atoms with Gasteiger partial charge in [-0.05, 0) is 66.1 Å². The van der Waals surface area contributed by atoms with Crippen LogP contribution in [0.15, 0.2) is 78.9 Å². The number of benzene rings is 4. The van der Waals surface area contributed by atoms with E-state index in [1.54, 1.807) is 43.5 Å². The van der Waals surface area contributed by atoms with Crippen molar-refractivity contribution in [3.05, 3.63) is 123 Å². The second-order valence-corrected chi connectivity index (χ2v) is 13.0. The molecular weight excluding hydrogens is 642 g/mol. The van der Waals surface area contributed by atoms with Crippen molar-refractivity contribution < 1.29 is 23.5 Å². The van der Waals surface area contributed by atoms with Crippen LogP contribution in [0.4, 0.5) is 10.1 Å². The minimum absolute atomic E-state index is 0.0204. The van der Waals surface area contributed by atoms with Gasteiger partial charge in [-0.15, -0.1) is 0 Å². The summed E-state index contributed by atoms with van der Waals surface area (Å²) in [6.07, 6.45) is 0.606. The van der Waals surface area contributed by atoms with Crippen LogP contribution in [0, 0.1) is 5.82 Å². The number of carbonyl (C=O) groups is 2. The molecule has 4 aromatic carbocycles. The molecule has 1 N–H and O–H groups in total. The highest BCUT2D eigenvalue weighted by Gasteiger charge is 2.69. The molecule has 0 aliphatic carbocycles. The molecule has 1 aromatic heterocycles. The minimum Gasteiger partial charge on any atom is -0.497 e. The SMILES string of the molecule is COC(=O)c1ccc2c(c1)nc1n2C[C@H]2[C@@H]1[C@H](c1cccc(Cl)c1F)[C@]1(C(=O)Nc3cc(Cl)ccc31)N2CCc1cccc(OC)c1. The zero-order chi connectivity index (χ0) is 32.6. The average molecular weight is 672 g/mol. The Bertz CT molecular complexity index is 2120. The molecule has 1 spiro atoms. The smallest absolute Gasteiger partial charge is 0.337 e. The van der Waals surface area contributed by atoms with Gasteiger partial charge in [-0.25, -0.2) is 14.2 Å². The third-order valence-electron chi connectivity index (χ3n) is 10.0. The number of hydrogen-bond donors (Lipinski definition) is 1. The van der Waals surface area contributed by atoms with Gasteiger partial charge < -0.3 is 19.4 Å². The number of methoxy groups -OCH3 is 2. The number of rotatable bonds is 6. The van der Waals surface area contributed by atoms with Crippen molar-refractivity contribution in [1.29, 1.82) is 0 Å². The number of fused-ring (bicyclic) bond motifs is 7. The number of likely N-dealkylation sites (tertiary alicyclic amines) is 1. The van der Waals surface area contributed by atoms with E-state index in [1.165, 1.54) is 13.2 Å². The molecule has 0 radical (unpaired) electrons. The van der Waals surface area contributed by atoms with Crippen molar-refractivity contribution in [2.24, 2.45) is 0 Å². The Morgan fingerprint density at radius 1 is 1.06 bits per heavy atom. The zero-order valence-electron chi connectivity index (χ0n) is 25.5. The summed E-state index contributed by atoms with van der Waals surface area (Å²) < 4.78 is 28.9. The molecule has 1 saturated heterocycles. The summed E-state index contributed by atoms with van der Waals surface area (Å²) in [7, 11) is 2.97. The fraction of sp³-hybridized carbons (Fsp3) is 0.250. The Kier molecular flexibility index (Phi) is 7.05. The molecule has 0 saturated carbocycles. The lowest BCUT2D eigenvalue weighted by Crippen LogP contribution is -2.53. The van der Waals surface area contributed by atoms with E-state index < -0.39 is 29.2 Å². The summed E-state index contributed by atoms with van der Waals surface area (Å²) in [5.74, 6) is -0.938. The molecule has 1 amide bonds. The first-order valence-electron chi connectivity index (χ1n) is 15.3. The van der Waals surface area contributed by atoms with Crippen molar-refractivity contribution in [3.8, 4) is 5.75 Å². The van der Waals surface area contributed by atoms with Crippen LogP contribution < -0.4 is 10.1 Å². The van der Waals surface area contributed by atoms with E-state index in [4.69, 9.17) is 37.7 Å². The quantitative estimate of drug-likeness (QED) is 0.197. The monoisotopic (exact) mass is 670 g/mol. The number of aromatic nitrogens is 2. The predicted octanol–water partition coefficient (Wildman–Crippen LogP) is 6.93. The van der Waals surface area contributed by atoms with Crippen LogP contribution in [-0.2, 0) is 28.0 Å². The highest BCUT2D eigenvalue weighted by atomic mass is 35.5. The van der Waals surface area contributed by atoms with Gasteiger partial charge in [-0.2, -0.15) is 0 Å². The molecule has 5 aromatic rings. The average Bonchev–Trinajstić information content (AvgIpc) is 3.77. The second kappa shape index (κ2) is 11.1. The van der Waals surface area contributed by atoms with E-state index in [-0.39, 0.29) is 17.0 Å². The van der Waals surface area contributed by atoms with Gasteiger partial charge >= 0.3 is 5.97 Å². The molecule has 8 nitrogen and oxygen atoms in total. The first-order chi connectivity index (χ1) is 22.8. The summed E-state index contributed by atoms with van der Waals surface area (Å²) in [6, 6.07) is 23.3. The second-order valence-electron chi connectivity index (χ2n) is 12.2. The van der Waals surface area contributed by atoms with Crippen LogP contribution in [-0.4, -0.2) is 53.1 Å². The number of anilines is 1. The molecule has 11 heteroatoms. The molecule has 4 heterocycles. The fourth-order valence-corrected chi connectivity index (χ4v) is 8.51. The summed E-state index contributed by atoms with van der Waals surface area (Å²) >= 11 is 12.9. The van der Waals surface area contributed by atoms with E-state index in [0.717, 1.165) is 28.2 Å². The van der Waals surface area contributed by atoms with E-state index in [1.807, 2.05) is 36.4 Å². The number of esters is 1. The molecule has 4 atom stereocenters. The van der Waals surface area contributed by atoms with Crippen molar-refractivity contribution in [3.63, 3.8) is 0 Å². The Morgan fingerprint density at radius 3 is 2.70 bits per heavy atom. The first kappa shape index (κ1) is 29.9. The van der Waals surface area contributed by atoms with Crippen molar-refractivity contribution in [2.45, 2.75) is 36.4 Å². The number of ether oxygens (including phenoxy) is 2. The topological polar surface area (TPSA) is 85.7 Å². The van der Waals surface area contributed by atoms with Gasteiger partial charge in [0, 0.05) is 47.2 Å². The number of imidazole rings is 1. The maximum atomic E-state index is 16.3. The normalized spacial score (nSPS) is 22.7. The van der Waals surface area contributed by atoms with Crippen LogP contribution in [0.2, 0.25) is 10.0 Å². The summed E-state index contributed by atoms with van der Waals surface area (Å²) in [4.78, 5) is 34.4. The highest BCUT2D eigenvalue weighted by Crippen LogP contribution is 2.64. The maximum absolute atomic E-state index is 16.3. The van der Waals surface area contributed by atoms with Crippen LogP contribution in [0.5, 0.6) is 5.75 Å². The van der Waals surface area contributed by atoms with Crippen molar-refractivity contribution in [2.75, 3.05) is 26.1 Å². The van der Waals surface area contributed by atoms with Crippen LogP contribution in [0.3, 0.4) is 0 Å². The third kappa shape index (κ3) is 4.33. The van der Waals surface area contributed by atoms with Crippen molar-refractivity contribution >= 4 is 51.8 Å². The van der Waals surface area contributed by atoms with Crippen LogP contribution >= 0.6 is 23.2 Å². The van der Waals surface area contributed by atoms with E-state index in [0.29, 0.717) is 46.9 Å². The Morgan fingerprint density at radius 2 is 1.89 bits per heavy atom. The van der Waals surface area contributed by atoms with E-state index in [9.17, 15) is 9.59 Å². The number of nitrogens with zero attached hydrogens (tertiary/aromatic N) is 3. The van der Waals surface area contributed by atoms with Crippen LogP contribution in [0.25, 0.3) is 11.0 Å². The molecule has 47 heavy (non-hydrogen) atoms. The Labute approximate surface area is 280 Å². The number of hydrogen-bond acceptors (Lipinski definition) is 6. The molecule has 0 unspecified atom stereocenters. The van der Waals surface area contributed by atoms with Gasteiger partial charge in [0.25, 0.3) is 0 Å². The Balaban J connectivity index is 1.36. The maximum Gasteiger partial charge on any atom is 0.337 e. The number of halogens is 3.